The van der Waals surface area contributed by atoms with E-state index in [0.29, 0.717) is 0 Å². The monoisotopic (exact) mass is 224 g/mol. The van der Waals surface area contributed by atoms with Crippen LogP contribution in [0, 0.1) is 5.92 Å². The van der Waals surface area contributed by atoms with Crippen LogP contribution in [-0.2, 0) is 0 Å². The van der Waals surface area contributed by atoms with Crippen LogP contribution in [0.25, 0.3) is 0 Å². The van der Waals surface area contributed by atoms with E-state index in [1.807, 2.05) is 6.08 Å². The number of unbranched alkanes of at least 4 members (excludes halogenated alkanes) is 7. The average Bonchev–Trinajstić information content (AvgIpc) is 2.27. The van der Waals surface area contributed by atoms with Gasteiger partial charge in [0, 0.05) is 0 Å². The van der Waals surface area contributed by atoms with Gasteiger partial charge in [0.2, 0.25) is 0 Å². The molecule has 0 fully saturated rings. The van der Waals surface area contributed by atoms with Crippen molar-refractivity contribution in [1.29, 1.82) is 0 Å². The minimum atomic E-state index is 0.956. The summed E-state index contributed by atoms with van der Waals surface area (Å²) in [4.78, 5) is 0. The topological polar surface area (TPSA) is 0 Å². The van der Waals surface area contributed by atoms with Gasteiger partial charge in [0.05, 0.1) is 0 Å². The van der Waals surface area contributed by atoms with Gasteiger partial charge in [0.25, 0.3) is 0 Å². The molecule has 0 amide bonds. The highest BCUT2D eigenvalue weighted by molar-refractivity contribution is 4.65. The molecule has 0 radical (unpaired) electrons. The van der Waals surface area contributed by atoms with Crippen molar-refractivity contribution in [3.8, 4) is 0 Å². The molecule has 96 valence electrons. The SMILES string of the molecule is C=CCCCCCCCCCC(C)CCC. The smallest absolute Gasteiger partial charge is 0.0353 e. The Balaban J connectivity index is 3.00. The van der Waals surface area contributed by atoms with Gasteiger partial charge in [-0.25, -0.2) is 0 Å². The first kappa shape index (κ1) is 15.7. The number of hydrogen-bond donors (Lipinski definition) is 0. The van der Waals surface area contributed by atoms with Crippen molar-refractivity contribution in [2.45, 2.75) is 84.5 Å². The molecule has 0 aromatic heterocycles. The Labute approximate surface area is 104 Å². The van der Waals surface area contributed by atoms with Crippen LogP contribution in [-0.4, -0.2) is 0 Å². The van der Waals surface area contributed by atoms with Gasteiger partial charge in [0.15, 0.2) is 0 Å². The Hall–Kier alpha value is -0.260. The molecule has 0 bridgehead atoms. The second kappa shape index (κ2) is 12.8. The van der Waals surface area contributed by atoms with Gasteiger partial charge in [-0.2, -0.15) is 0 Å². The molecular formula is C16H32. The summed E-state index contributed by atoms with van der Waals surface area (Å²) in [6, 6.07) is 0. The fourth-order valence-corrected chi connectivity index (χ4v) is 2.30. The van der Waals surface area contributed by atoms with Gasteiger partial charge < -0.3 is 0 Å². The van der Waals surface area contributed by atoms with E-state index in [2.05, 4.69) is 20.4 Å². The first-order valence-corrected chi connectivity index (χ1v) is 7.42. The van der Waals surface area contributed by atoms with Crippen LogP contribution in [0.5, 0.6) is 0 Å². The van der Waals surface area contributed by atoms with Gasteiger partial charge in [-0.3, -0.25) is 0 Å². The van der Waals surface area contributed by atoms with Crippen molar-refractivity contribution >= 4 is 0 Å². The van der Waals surface area contributed by atoms with Gasteiger partial charge in [-0.05, 0) is 18.8 Å². The van der Waals surface area contributed by atoms with E-state index in [4.69, 9.17) is 0 Å². The Morgan fingerprint density at radius 3 is 2.00 bits per heavy atom. The van der Waals surface area contributed by atoms with E-state index >= 15 is 0 Å². The van der Waals surface area contributed by atoms with E-state index in [9.17, 15) is 0 Å². The fraction of sp³-hybridized carbons (Fsp3) is 0.875. The third-order valence-electron chi connectivity index (χ3n) is 3.39. The van der Waals surface area contributed by atoms with Crippen molar-refractivity contribution in [3.05, 3.63) is 12.7 Å². The molecule has 16 heavy (non-hydrogen) atoms. The largest absolute Gasteiger partial charge is 0.103 e. The molecule has 0 aromatic carbocycles. The van der Waals surface area contributed by atoms with E-state index in [1.54, 1.807) is 0 Å². The molecule has 0 N–H and O–H groups in total. The third-order valence-corrected chi connectivity index (χ3v) is 3.39. The lowest BCUT2D eigenvalue weighted by molar-refractivity contribution is 0.450. The summed E-state index contributed by atoms with van der Waals surface area (Å²) in [6.45, 7) is 8.44. The number of hydrogen-bond acceptors (Lipinski definition) is 0. The van der Waals surface area contributed by atoms with E-state index in [1.165, 1.54) is 70.6 Å². The van der Waals surface area contributed by atoms with Crippen molar-refractivity contribution in [3.63, 3.8) is 0 Å². The van der Waals surface area contributed by atoms with Crippen molar-refractivity contribution in [1.82, 2.24) is 0 Å². The Kier molecular flexibility index (Phi) is 12.6. The molecule has 0 heteroatoms. The number of allylic oxidation sites excluding steroid dienone is 1. The summed E-state index contributed by atoms with van der Waals surface area (Å²) < 4.78 is 0. The van der Waals surface area contributed by atoms with E-state index in [-0.39, 0.29) is 0 Å². The molecule has 0 aliphatic carbocycles. The molecule has 1 unspecified atom stereocenters. The van der Waals surface area contributed by atoms with Gasteiger partial charge in [-0.1, -0.05) is 77.7 Å². The molecule has 1 atom stereocenters. The van der Waals surface area contributed by atoms with Crippen LogP contribution in [0.1, 0.15) is 84.5 Å². The maximum Gasteiger partial charge on any atom is -0.0353 e. The second-order valence-corrected chi connectivity index (χ2v) is 5.23. The van der Waals surface area contributed by atoms with Gasteiger partial charge >= 0.3 is 0 Å². The van der Waals surface area contributed by atoms with Crippen LogP contribution in [0.15, 0.2) is 12.7 Å². The van der Waals surface area contributed by atoms with Gasteiger partial charge in [0.1, 0.15) is 0 Å². The molecule has 0 rings (SSSR count). The van der Waals surface area contributed by atoms with Crippen LogP contribution >= 0.6 is 0 Å². The maximum absolute atomic E-state index is 3.75. The highest BCUT2D eigenvalue weighted by Gasteiger charge is 1.99. The zero-order valence-electron chi connectivity index (χ0n) is 11.6. The Morgan fingerprint density at radius 1 is 0.875 bits per heavy atom. The number of rotatable bonds is 12. The molecule has 0 nitrogen and oxygen atoms in total. The molecular weight excluding hydrogens is 192 g/mol. The molecule has 0 heterocycles. The highest BCUT2D eigenvalue weighted by Crippen LogP contribution is 2.16. The fourth-order valence-electron chi connectivity index (χ4n) is 2.30. The van der Waals surface area contributed by atoms with Crippen molar-refractivity contribution in [2.75, 3.05) is 0 Å². The zero-order chi connectivity index (χ0) is 12.1. The van der Waals surface area contributed by atoms with Crippen LogP contribution < -0.4 is 0 Å². The molecule has 0 aromatic rings. The third kappa shape index (κ3) is 11.8. The molecule has 0 aliphatic heterocycles. The predicted octanol–water partition coefficient (Wildman–Crippen LogP) is 6.12. The molecule has 0 aliphatic rings. The summed E-state index contributed by atoms with van der Waals surface area (Å²) in [6.07, 6.45) is 17.4. The first-order chi connectivity index (χ1) is 7.81. The van der Waals surface area contributed by atoms with Crippen molar-refractivity contribution < 1.29 is 0 Å². The predicted molar refractivity (Wildman–Crippen MR) is 75.8 cm³/mol. The summed E-state index contributed by atoms with van der Waals surface area (Å²) in [5, 5.41) is 0. The Bertz CT molecular complexity index is 137. The van der Waals surface area contributed by atoms with E-state index in [0.717, 1.165) is 5.92 Å². The molecule has 0 saturated heterocycles. The minimum absolute atomic E-state index is 0.956. The Morgan fingerprint density at radius 2 is 1.44 bits per heavy atom. The van der Waals surface area contributed by atoms with Crippen molar-refractivity contribution in [2.24, 2.45) is 5.92 Å². The van der Waals surface area contributed by atoms with Crippen LogP contribution in [0.2, 0.25) is 0 Å². The average molecular weight is 224 g/mol. The molecule has 0 spiro atoms. The lowest BCUT2D eigenvalue weighted by Gasteiger charge is -2.09. The normalized spacial score (nSPS) is 12.6. The minimum Gasteiger partial charge on any atom is -0.103 e. The second-order valence-electron chi connectivity index (χ2n) is 5.23. The lowest BCUT2D eigenvalue weighted by atomic mass is 9.98. The highest BCUT2D eigenvalue weighted by atomic mass is 14.1. The van der Waals surface area contributed by atoms with Crippen LogP contribution in [0.3, 0.4) is 0 Å². The summed E-state index contributed by atoms with van der Waals surface area (Å²) >= 11 is 0. The quantitative estimate of drug-likeness (QED) is 0.277. The first-order valence-electron chi connectivity index (χ1n) is 7.42. The maximum atomic E-state index is 3.75. The summed E-state index contributed by atoms with van der Waals surface area (Å²) in [5.74, 6) is 0.956. The lowest BCUT2D eigenvalue weighted by Crippen LogP contribution is -1.93. The standard InChI is InChI=1S/C16H32/c1-4-6-7-8-9-10-11-12-13-15-16(3)14-5-2/h4,16H,1,5-15H2,2-3H3. The van der Waals surface area contributed by atoms with Crippen LogP contribution in [0.4, 0.5) is 0 Å². The molecule has 0 saturated carbocycles. The zero-order valence-corrected chi connectivity index (χ0v) is 11.6. The summed E-state index contributed by atoms with van der Waals surface area (Å²) in [5.41, 5.74) is 0. The van der Waals surface area contributed by atoms with E-state index < -0.39 is 0 Å². The van der Waals surface area contributed by atoms with Gasteiger partial charge in [-0.15, -0.1) is 6.58 Å². The summed E-state index contributed by atoms with van der Waals surface area (Å²) in [7, 11) is 0.